The lowest BCUT2D eigenvalue weighted by Gasteiger charge is -2.30. The fourth-order valence-electron chi connectivity index (χ4n) is 3.46. The first-order valence-corrected chi connectivity index (χ1v) is 8.23. The van der Waals surface area contributed by atoms with Crippen LogP contribution in [-0.2, 0) is 20.7 Å². The Labute approximate surface area is 141 Å². The zero-order valence-electron chi connectivity index (χ0n) is 13.7. The molecule has 0 unspecified atom stereocenters. The van der Waals surface area contributed by atoms with Crippen molar-refractivity contribution in [3.63, 3.8) is 0 Å². The number of carbonyl (C=O) groups is 2. The highest BCUT2D eigenvalue weighted by Crippen LogP contribution is 2.44. The number of hydrogen-bond acceptors (Lipinski definition) is 3. The van der Waals surface area contributed by atoms with Crippen LogP contribution in [0.1, 0.15) is 24.0 Å². The van der Waals surface area contributed by atoms with Gasteiger partial charge in [-0.15, -0.1) is 0 Å². The molecule has 1 amide bonds. The molecule has 2 aromatic rings. The Balaban J connectivity index is 2.07. The number of esters is 1. The summed E-state index contributed by atoms with van der Waals surface area (Å²) in [4.78, 5) is 25.7. The molecule has 4 nitrogen and oxygen atoms in total. The number of hydrogen-bond donors (Lipinski definition) is 1. The second-order valence-electron chi connectivity index (χ2n) is 6.03. The number of benzene rings is 2. The topological polar surface area (TPSA) is 55.4 Å². The van der Waals surface area contributed by atoms with Gasteiger partial charge >= 0.3 is 5.97 Å². The van der Waals surface area contributed by atoms with E-state index in [-0.39, 0.29) is 18.4 Å². The molecule has 4 heteroatoms. The van der Waals surface area contributed by atoms with Gasteiger partial charge in [-0.05, 0) is 24.5 Å². The maximum atomic E-state index is 12.9. The van der Waals surface area contributed by atoms with Gasteiger partial charge < -0.3 is 10.1 Å². The molecule has 1 saturated heterocycles. The fraction of sp³-hybridized carbons (Fsp3) is 0.300. The van der Waals surface area contributed by atoms with E-state index in [2.05, 4.69) is 5.32 Å². The molecule has 1 fully saturated rings. The van der Waals surface area contributed by atoms with Crippen LogP contribution >= 0.6 is 0 Å². The second kappa shape index (κ2) is 6.87. The van der Waals surface area contributed by atoms with E-state index in [0.717, 1.165) is 11.1 Å². The molecule has 1 N–H and O–H groups in total. The fourth-order valence-corrected chi connectivity index (χ4v) is 3.46. The van der Waals surface area contributed by atoms with Gasteiger partial charge in [0.15, 0.2) is 5.41 Å². The molecule has 124 valence electrons. The van der Waals surface area contributed by atoms with E-state index >= 15 is 0 Å². The van der Waals surface area contributed by atoms with Crippen molar-refractivity contribution in [3.05, 3.63) is 71.8 Å². The highest BCUT2D eigenvalue weighted by atomic mass is 16.5. The predicted molar refractivity (Wildman–Crippen MR) is 91.4 cm³/mol. The van der Waals surface area contributed by atoms with Gasteiger partial charge in [0.05, 0.1) is 6.61 Å². The van der Waals surface area contributed by atoms with Crippen molar-refractivity contribution in [2.45, 2.75) is 19.3 Å². The summed E-state index contributed by atoms with van der Waals surface area (Å²) in [7, 11) is 0. The first-order chi connectivity index (χ1) is 11.7. The van der Waals surface area contributed by atoms with Crippen LogP contribution in [0.3, 0.4) is 0 Å². The van der Waals surface area contributed by atoms with E-state index in [0.29, 0.717) is 13.0 Å². The lowest BCUT2D eigenvalue weighted by Crippen LogP contribution is -2.45. The quantitative estimate of drug-likeness (QED) is 0.680. The van der Waals surface area contributed by atoms with Gasteiger partial charge in [0, 0.05) is 12.5 Å². The number of ether oxygens (including phenoxy) is 1. The average Bonchev–Trinajstić information content (AvgIpc) is 2.94. The third kappa shape index (κ3) is 2.80. The largest absolute Gasteiger partial charge is 0.465 e. The molecule has 24 heavy (non-hydrogen) atoms. The summed E-state index contributed by atoms with van der Waals surface area (Å²) in [6.07, 6.45) is 0.331. The van der Waals surface area contributed by atoms with Crippen molar-refractivity contribution in [2.75, 3.05) is 13.2 Å². The van der Waals surface area contributed by atoms with Crippen LogP contribution in [0.2, 0.25) is 0 Å². The molecule has 0 aliphatic carbocycles. The third-order valence-electron chi connectivity index (χ3n) is 4.63. The molecule has 0 saturated carbocycles. The molecule has 2 atom stereocenters. The second-order valence-corrected chi connectivity index (χ2v) is 6.03. The van der Waals surface area contributed by atoms with Crippen LogP contribution in [0, 0.1) is 5.41 Å². The summed E-state index contributed by atoms with van der Waals surface area (Å²) in [6, 6.07) is 19.3. The Morgan fingerprint density at radius 1 is 1.12 bits per heavy atom. The smallest absolute Gasteiger partial charge is 0.322 e. The van der Waals surface area contributed by atoms with Gasteiger partial charge in [-0.25, -0.2) is 0 Å². The highest BCUT2D eigenvalue weighted by Gasteiger charge is 2.57. The summed E-state index contributed by atoms with van der Waals surface area (Å²) < 4.78 is 5.32. The Morgan fingerprint density at radius 2 is 1.75 bits per heavy atom. The molecule has 2 aromatic carbocycles. The van der Waals surface area contributed by atoms with Gasteiger partial charge in [-0.2, -0.15) is 0 Å². The van der Waals surface area contributed by atoms with Crippen molar-refractivity contribution >= 4 is 11.9 Å². The summed E-state index contributed by atoms with van der Waals surface area (Å²) >= 11 is 0. The number of rotatable bonds is 5. The maximum Gasteiger partial charge on any atom is 0.322 e. The van der Waals surface area contributed by atoms with Crippen molar-refractivity contribution in [2.24, 2.45) is 5.41 Å². The van der Waals surface area contributed by atoms with Gasteiger partial charge in [0.1, 0.15) is 0 Å². The van der Waals surface area contributed by atoms with Crippen LogP contribution < -0.4 is 5.32 Å². The van der Waals surface area contributed by atoms with E-state index < -0.39 is 11.4 Å². The van der Waals surface area contributed by atoms with Gasteiger partial charge in [-0.1, -0.05) is 60.7 Å². The lowest BCUT2D eigenvalue weighted by atomic mass is 9.70. The molecule has 3 rings (SSSR count). The van der Waals surface area contributed by atoms with Crippen LogP contribution in [0.15, 0.2) is 60.7 Å². The molecule has 0 aromatic heterocycles. The summed E-state index contributed by atoms with van der Waals surface area (Å²) in [5.74, 6) is -0.943. The highest BCUT2D eigenvalue weighted by molar-refractivity contribution is 6.06. The molecule has 0 bridgehead atoms. The number of nitrogens with one attached hydrogen (secondary N) is 1. The van der Waals surface area contributed by atoms with Crippen LogP contribution in [0.25, 0.3) is 0 Å². The normalized spacial score (nSPS) is 22.9. The van der Waals surface area contributed by atoms with Crippen LogP contribution in [-0.4, -0.2) is 25.0 Å². The number of carbonyl (C=O) groups excluding carboxylic acids is 2. The van der Waals surface area contributed by atoms with Crippen molar-refractivity contribution < 1.29 is 14.3 Å². The Bertz CT molecular complexity index is 714. The van der Waals surface area contributed by atoms with Gasteiger partial charge in [-0.3, -0.25) is 9.59 Å². The van der Waals surface area contributed by atoms with E-state index in [1.807, 2.05) is 60.7 Å². The van der Waals surface area contributed by atoms with E-state index in [4.69, 9.17) is 4.74 Å². The summed E-state index contributed by atoms with van der Waals surface area (Å²) in [5, 5.41) is 2.88. The molecular weight excluding hydrogens is 302 g/mol. The Hall–Kier alpha value is -2.62. The minimum atomic E-state index is -1.22. The first kappa shape index (κ1) is 16.2. The molecule has 0 spiro atoms. The average molecular weight is 323 g/mol. The Kier molecular flexibility index (Phi) is 4.65. The zero-order chi connectivity index (χ0) is 17.0. The standard InChI is InChI=1S/C20H21NO3/c1-2-24-19(23)20(13-15-9-5-3-6-10-15)17(14-21-18(20)22)16-11-7-4-8-12-16/h3-12,17H,2,13-14H2,1H3,(H,21,22)/t17-,20-/m0/s1. The zero-order valence-corrected chi connectivity index (χ0v) is 13.7. The molecular formula is C20H21NO3. The third-order valence-corrected chi connectivity index (χ3v) is 4.63. The van der Waals surface area contributed by atoms with Crippen molar-refractivity contribution in [3.8, 4) is 0 Å². The monoisotopic (exact) mass is 323 g/mol. The summed E-state index contributed by atoms with van der Waals surface area (Å²) in [5.41, 5.74) is 0.696. The van der Waals surface area contributed by atoms with Crippen LogP contribution in [0.4, 0.5) is 0 Å². The number of amides is 1. The summed E-state index contributed by atoms with van der Waals surface area (Å²) in [6.45, 7) is 2.46. The van der Waals surface area contributed by atoms with Crippen molar-refractivity contribution in [1.29, 1.82) is 0 Å². The first-order valence-electron chi connectivity index (χ1n) is 8.23. The SMILES string of the molecule is CCOC(=O)[C@]1(Cc2ccccc2)C(=O)NC[C@H]1c1ccccc1. The maximum absolute atomic E-state index is 12.9. The van der Waals surface area contributed by atoms with Gasteiger partial charge in [0.25, 0.3) is 0 Å². The molecule has 0 radical (unpaired) electrons. The molecule has 1 aliphatic rings. The minimum absolute atomic E-state index is 0.245. The van der Waals surface area contributed by atoms with E-state index in [1.165, 1.54) is 0 Å². The van der Waals surface area contributed by atoms with Crippen molar-refractivity contribution in [1.82, 2.24) is 5.32 Å². The molecule has 1 aliphatic heterocycles. The lowest BCUT2D eigenvalue weighted by molar-refractivity contribution is -0.160. The van der Waals surface area contributed by atoms with E-state index in [1.54, 1.807) is 6.92 Å². The minimum Gasteiger partial charge on any atom is -0.465 e. The molecule has 1 heterocycles. The van der Waals surface area contributed by atoms with E-state index in [9.17, 15) is 9.59 Å². The van der Waals surface area contributed by atoms with Gasteiger partial charge in [0.2, 0.25) is 5.91 Å². The predicted octanol–water partition coefficient (Wildman–Crippen LogP) is 2.69. The Morgan fingerprint density at radius 3 is 2.38 bits per heavy atom. The van der Waals surface area contributed by atoms with Crippen LogP contribution in [0.5, 0.6) is 0 Å².